The highest BCUT2D eigenvalue weighted by Crippen LogP contribution is 2.68. The minimum atomic E-state index is 0.0858. The van der Waals surface area contributed by atoms with Gasteiger partial charge in [0.05, 0.1) is 12.5 Å². The maximum atomic E-state index is 12.2. The van der Waals surface area contributed by atoms with Gasteiger partial charge in [-0.25, -0.2) is 0 Å². The second-order valence-corrected chi connectivity index (χ2v) is 6.80. The lowest BCUT2D eigenvalue weighted by molar-refractivity contribution is -0.153. The van der Waals surface area contributed by atoms with Gasteiger partial charge in [0.1, 0.15) is 0 Å². The molecule has 8 unspecified atom stereocenters. The number of esters is 1. The highest BCUT2D eigenvalue weighted by Gasteiger charge is 2.65. The van der Waals surface area contributed by atoms with E-state index < -0.39 is 0 Å². The second kappa shape index (κ2) is 3.61. The molecule has 0 aromatic heterocycles. The first-order valence-electron chi connectivity index (χ1n) is 7.57. The molecule has 0 aromatic rings. The standard InChI is InChI=1S/C16H22O2/c1-3-18-16(17)13-8(2)11-7-12(13)15-10-5-4-9(6-10)14(11)15/h4-5,8-15H,3,6-7H2,1-2H3. The summed E-state index contributed by atoms with van der Waals surface area (Å²) in [7, 11) is 0. The number of rotatable bonds is 2. The molecule has 0 radical (unpaired) electrons. The molecule has 4 bridgehead atoms. The lowest BCUT2D eigenvalue weighted by Gasteiger charge is -2.39. The molecular weight excluding hydrogens is 224 g/mol. The van der Waals surface area contributed by atoms with Crippen molar-refractivity contribution in [3.05, 3.63) is 12.2 Å². The van der Waals surface area contributed by atoms with Crippen LogP contribution in [0.2, 0.25) is 0 Å². The number of hydrogen-bond donors (Lipinski definition) is 0. The van der Waals surface area contributed by atoms with E-state index >= 15 is 0 Å². The Morgan fingerprint density at radius 1 is 1.17 bits per heavy atom. The van der Waals surface area contributed by atoms with E-state index in [0.29, 0.717) is 18.4 Å². The average molecular weight is 246 g/mol. The molecule has 8 atom stereocenters. The van der Waals surface area contributed by atoms with Crippen molar-refractivity contribution in [1.29, 1.82) is 0 Å². The summed E-state index contributed by atoms with van der Waals surface area (Å²) in [6, 6.07) is 0. The van der Waals surface area contributed by atoms with Gasteiger partial charge in [-0.1, -0.05) is 19.1 Å². The fourth-order valence-electron chi connectivity index (χ4n) is 5.97. The Kier molecular flexibility index (Phi) is 2.22. The van der Waals surface area contributed by atoms with Gasteiger partial charge in [-0.15, -0.1) is 0 Å². The predicted octanol–water partition coefficient (Wildman–Crippen LogP) is 2.89. The van der Waals surface area contributed by atoms with Gasteiger partial charge in [-0.05, 0) is 61.2 Å². The van der Waals surface area contributed by atoms with E-state index in [-0.39, 0.29) is 11.9 Å². The van der Waals surface area contributed by atoms with Crippen LogP contribution in [0, 0.1) is 47.3 Å². The first-order chi connectivity index (χ1) is 8.72. The normalized spacial score (nSPS) is 55.0. The summed E-state index contributed by atoms with van der Waals surface area (Å²) in [4.78, 5) is 12.2. The zero-order chi connectivity index (χ0) is 12.4. The third-order valence-electron chi connectivity index (χ3n) is 6.38. The van der Waals surface area contributed by atoms with Crippen LogP contribution in [0.25, 0.3) is 0 Å². The van der Waals surface area contributed by atoms with Crippen LogP contribution in [0.15, 0.2) is 12.2 Å². The van der Waals surface area contributed by atoms with Crippen LogP contribution in [0.1, 0.15) is 26.7 Å². The maximum Gasteiger partial charge on any atom is 0.309 e. The van der Waals surface area contributed by atoms with Gasteiger partial charge in [0.2, 0.25) is 0 Å². The van der Waals surface area contributed by atoms with Gasteiger partial charge in [-0.2, -0.15) is 0 Å². The van der Waals surface area contributed by atoms with Crippen LogP contribution in [0.3, 0.4) is 0 Å². The van der Waals surface area contributed by atoms with E-state index in [4.69, 9.17) is 4.74 Å². The lowest BCUT2D eigenvalue weighted by atomic mass is 9.65. The molecule has 0 spiro atoms. The number of ether oxygens (including phenoxy) is 1. The van der Waals surface area contributed by atoms with E-state index in [1.165, 1.54) is 12.8 Å². The molecule has 4 aliphatic rings. The Bertz CT molecular complexity index is 413. The Morgan fingerprint density at radius 2 is 1.83 bits per heavy atom. The molecular formula is C16H22O2. The van der Waals surface area contributed by atoms with Crippen molar-refractivity contribution in [3.8, 4) is 0 Å². The smallest absolute Gasteiger partial charge is 0.309 e. The molecule has 3 saturated carbocycles. The Hall–Kier alpha value is -0.790. The van der Waals surface area contributed by atoms with E-state index in [2.05, 4.69) is 19.1 Å². The predicted molar refractivity (Wildman–Crippen MR) is 68.6 cm³/mol. The highest BCUT2D eigenvalue weighted by atomic mass is 16.5. The summed E-state index contributed by atoms with van der Waals surface area (Å²) in [6.07, 6.45) is 7.54. The van der Waals surface area contributed by atoms with Crippen molar-refractivity contribution in [1.82, 2.24) is 0 Å². The Labute approximate surface area is 109 Å². The third-order valence-corrected chi connectivity index (χ3v) is 6.38. The number of carbonyl (C=O) groups excluding carboxylic acids is 1. The summed E-state index contributed by atoms with van der Waals surface area (Å²) >= 11 is 0. The van der Waals surface area contributed by atoms with Gasteiger partial charge < -0.3 is 4.74 Å². The van der Waals surface area contributed by atoms with E-state index in [1.54, 1.807) is 0 Å². The molecule has 3 fully saturated rings. The minimum absolute atomic E-state index is 0.0858. The molecule has 2 nitrogen and oxygen atoms in total. The van der Waals surface area contributed by atoms with Gasteiger partial charge in [0, 0.05) is 0 Å². The molecule has 0 saturated heterocycles. The summed E-state index contributed by atoms with van der Waals surface area (Å²) in [5.41, 5.74) is 0. The third kappa shape index (κ3) is 1.17. The van der Waals surface area contributed by atoms with E-state index in [9.17, 15) is 4.79 Å². The van der Waals surface area contributed by atoms with Crippen molar-refractivity contribution in [2.45, 2.75) is 26.7 Å². The van der Waals surface area contributed by atoms with Gasteiger partial charge in [-0.3, -0.25) is 4.79 Å². The zero-order valence-electron chi connectivity index (χ0n) is 11.2. The fourth-order valence-corrected chi connectivity index (χ4v) is 5.97. The van der Waals surface area contributed by atoms with Gasteiger partial charge >= 0.3 is 5.97 Å². The second-order valence-electron chi connectivity index (χ2n) is 6.80. The fraction of sp³-hybridized carbons (Fsp3) is 0.812. The molecule has 0 N–H and O–H groups in total. The largest absolute Gasteiger partial charge is 0.466 e. The molecule has 0 amide bonds. The molecule has 0 aliphatic heterocycles. The van der Waals surface area contributed by atoms with Crippen LogP contribution in [-0.4, -0.2) is 12.6 Å². The summed E-state index contributed by atoms with van der Waals surface area (Å²) in [5, 5.41) is 0. The first-order valence-corrected chi connectivity index (χ1v) is 7.57. The van der Waals surface area contributed by atoms with Crippen LogP contribution in [0.4, 0.5) is 0 Å². The SMILES string of the molecule is CCOC(=O)C1C(C)C2CC1C1C3C=CC(C3)C21. The van der Waals surface area contributed by atoms with Crippen molar-refractivity contribution in [2.24, 2.45) is 47.3 Å². The monoisotopic (exact) mass is 246 g/mol. The molecule has 4 aliphatic carbocycles. The van der Waals surface area contributed by atoms with E-state index in [0.717, 1.165) is 29.6 Å². The molecule has 4 rings (SSSR count). The number of carbonyl (C=O) groups is 1. The summed E-state index contributed by atoms with van der Waals surface area (Å²) in [6.45, 7) is 4.73. The highest BCUT2D eigenvalue weighted by molar-refractivity contribution is 5.74. The molecule has 0 aromatic carbocycles. The molecule has 0 heterocycles. The maximum absolute atomic E-state index is 12.2. The quantitative estimate of drug-likeness (QED) is 0.425. The Morgan fingerprint density at radius 3 is 2.50 bits per heavy atom. The summed E-state index contributed by atoms with van der Waals surface area (Å²) < 4.78 is 5.32. The number of fused-ring (bicyclic) bond motifs is 9. The van der Waals surface area contributed by atoms with Crippen molar-refractivity contribution >= 4 is 5.97 Å². The van der Waals surface area contributed by atoms with Crippen molar-refractivity contribution < 1.29 is 9.53 Å². The lowest BCUT2D eigenvalue weighted by Crippen LogP contribution is -2.40. The average Bonchev–Trinajstić information content (AvgIpc) is 3.05. The van der Waals surface area contributed by atoms with Crippen LogP contribution < -0.4 is 0 Å². The van der Waals surface area contributed by atoms with Crippen LogP contribution in [0.5, 0.6) is 0 Å². The summed E-state index contributed by atoms with van der Waals surface area (Å²) in [5.74, 6) is 5.54. The van der Waals surface area contributed by atoms with Crippen LogP contribution in [-0.2, 0) is 9.53 Å². The molecule has 98 valence electrons. The topological polar surface area (TPSA) is 26.3 Å². The van der Waals surface area contributed by atoms with Gasteiger partial charge in [0.15, 0.2) is 0 Å². The zero-order valence-corrected chi connectivity index (χ0v) is 11.2. The van der Waals surface area contributed by atoms with Crippen LogP contribution >= 0.6 is 0 Å². The number of hydrogen-bond acceptors (Lipinski definition) is 2. The minimum Gasteiger partial charge on any atom is -0.466 e. The first kappa shape index (κ1) is 11.1. The van der Waals surface area contributed by atoms with Crippen molar-refractivity contribution in [3.63, 3.8) is 0 Å². The Balaban J connectivity index is 1.64. The van der Waals surface area contributed by atoms with Crippen molar-refractivity contribution in [2.75, 3.05) is 6.61 Å². The van der Waals surface area contributed by atoms with Gasteiger partial charge in [0.25, 0.3) is 0 Å². The number of allylic oxidation sites excluding steroid dienone is 2. The molecule has 2 heteroatoms. The van der Waals surface area contributed by atoms with E-state index in [1.807, 2.05) is 6.92 Å². The molecule has 18 heavy (non-hydrogen) atoms.